The molecule has 0 fully saturated rings. The topological polar surface area (TPSA) is 69.9 Å². The van der Waals surface area contributed by atoms with Gasteiger partial charge in [-0.05, 0) is 44.4 Å². The Bertz CT molecular complexity index is 776. The molecule has 0 saturated carbocycles. The standard InChI is InChI=1S/C21H25NO3/c1-4-19(18-11-12-20(24)15(3)21(18)25)22-13-17(23)10-9-16-7-5-14(2)6-8-16/h5-8,11-12,24-25H,4,9-10,13H2,1-3H3. The summed E-state index contributed by atoms with van der Waals surface area (Å²) in [6.07, 6.45) is 1.76. The van der Waals surface area contributed by atoms with Gasteiger partial charge in [0.15, 0.2) is 5.78 Å². The van der Waals surface area contributed by atoms with Crippen LogP contribution in [0.2, 0.25) is 0 Å². The number of rotatable bonds is 7. The van der Waals surface area contributed by atoms with Crippen LogP contribution in [-0.4, -0.2) is 28.3 Å². The van der Waals surface area contributed by atoms with Crippen LogP contribution in [0.4, 0.5) is 0 Å². The fourth-order valence-corrected chi connectivity index (χ4v) is 2.61. The number of aryl methyl sites for hydroxylation is 2. The molecule has 0 aromatic heterocycles. The zero-order chi connectivity index (χ0) is 18.4. The third-order valence-electron chi connectivity index (χ3n) is 4.31. The summed E-state index contributed by atoms with van der Waals surface area (Å²) in [5.41, 5.74) is 4.01. The summed E-state index contributed by atoms with van der Waals surface area (Å²) in [4.78, 5) is 16.5. The number of phenols is 2. The van der Waals surface area contributed by atoms with E-state index in [1.165, 1.54) is 11.6 Å². The smallest absolute Gasteiger partial charge is 0.154 e. The fraction of sp³-hybridized carbons (Fsp3) is 0.333. The molecule has 25 heavy (non-hydrogen) atoms. The first-order chi connectivity index (χ1) is 11.9. The molecule has 0 aliphatic heterocycles. The molecule has 0 amide bonds. The Morgan fingerprint density at radius 3 is 2.36 bits per heavy atom. The maximum atomic E-state index is 12.1. The quantitative estimate of drug-likeness (QED) is 0.746. The van der Waals surface area contributed by atoms with E-state index < -0.39 is 0 Å². The summed E-state index contributed by atoms with van der Waals surface area (Å²) in [5, 5.41) is 19.8. The molecule has 0 spiro atoms. The van der Waals surface area contributed by atoms with E-state index in [1.807, 2.05) is 38.1 Å². The maximum Gasteiger partial charge on any atom is 0.154 e. The van der Waals surface area contributed by atoms with Crippen LogP contribution in [0.25, 0.3) is 0 Å². The van der Waals surface area contributed by atoms with Gasteiger partial charge < -0.3 is 10.2 Å². The van der Waals surface area contributed by atoms with E-state index in [1.54, 1.807) is 13.0 Å². The summed E-state index contributed by atoms with van der Waals surface area (Å²) in [6.45, 7) is 5.72. The van der Waals surface area contributed by atoms with E-state index in [4.69, 9.17) is 0 Å². The van der Waals surface area contributed by atoms with Crippen LogP contribution in [-0.2, 0) is 11.2 Å². The molecule has 4 nitrogen and oxygen atoms in total. The molecule has 0 aliphatic carbocycles. The number of hydrogen-bond acceptors (Lipinski definition) is 4. The molecule has 4 heteroatoms. The number of phenolic OH excluding ortho intramolecular Hbond substituents is 2. The average Bonchev–Trinajstić information content (AvgIpc) is 2.61. The van der Waals surface area contributed by atoms with Gasteiger partial charge in [0.05, 0.1) is 6.54 Å². The summed E-state index contributed by atoms with van der Waals surface area (Å²) >= 11 is 0. The zero-order valence-corrected chi connectivity index (χ0v) is 15.0. The van der Waals surface area contributed by atoms with E-state index in [0.29, 0.717) is 36.1 Å². The zero-order valence-electron chi connectivity index (χ0n) is 15.0. The fourth-order valence-electron chi connectivity index (χ4n) is 2.61. The number of carbonyl (C=O) groups is 1. The molecule has 0 atom stereocenters. The molecule has 0 saturated heterocycles. The number of nitrogens with zero attached hydrogens (tertiary/aromatic N) is 1. The Labute approximate surface area is 148 Å². The lowest BCUT2D eigenvalue weighted by Crippen LogP contribution is -2.08. The minimum atomic E-state index is 0.0210. The van der Waals surface area contributed by atoms with Crippen molar-refractivity contribution in [1.82, 2.24) is 0 Å². The highest BCUT2D eigenvalue weighted by molar-refractivity contribution is 6.04. The van der Waals surface area contributed by atoms with E-state index >= 15 is 0 Å². The first-order valence-corrected chi connectivity index (χ1v) is 8.54. The first-order valence-electron chi connectivity index (χ1n) is 8.54. The molecular weight excluding hydrogens is 314 g/mol. The second-order valence-corrected chi connectivity index (χ2v) is 6.25. The van der Waals surface area contributed by atoms with Crippen molar-refractivity contribution >= 4 is 11.5 Å². The van der Waals surface area contributed by atoms with Crippen LogP contribution in [0.1, 0.15) is 42.0 Å². The Kier molecular flexibility index (Phi) is 6.34. The molecule has 0 bridgehead atoms. The van der Waals surface area contributed by atoms with Crippen molar-refractivity contribution in [2.45, 2.75) is 40.0 Å². The molecular formula is C21H25NO3. The van der Waals surface area contributed by atoms with Crippen LogP contribution in [0.3, 0.4) is 0 Å². The Morgan fingerprint density at radius 1 is 1.04 bits per heavy atom. The van der Waals surface area contributed by atoms with Gasteiger partial charge in [-0.25, -0.2) is 0 Å². The third kappa shape index (κ3) is 4.92. The van der Waals surface area contributed by atoms with Crippen molar-refractivity contribution in [2.24, 2.45) is 4.99 Å². The lowest BCUT2D eigenvalue weighted by atomic mass is 10.0. The maximum absolute atomic E-state index is 12.1. The van der Waals surface area contributed by atoms with Crippen molar-refractivity contribution < 1.29 is 15.0 Å². The highest BCUT2D eigenvalue weighted by atomic mass is 16.3. The molecule has 0 aliphatic rings. The van der Waals surface area contributed by atoms with E-state index in [0.717, 1.165) is 5.56 Å². The molecule has 0 radical (unpaired) electrons. The van der Waals surface area contributed by atoms with Crippen molar-refractivity contribution in [3.8, 4) is 11.5 Å². The van der Waals surface area contributed by atoms with Gasteiger partial charge in [-0.15, -0.1) is 0 Å². The van der Waals surface area contributed by atoms with Gasteiger partial charge in [-0.3, -0.25) is 9.79 Å². The average molecular weight is 339 g/mol. The van der Waals surface area contributed by atoms with Crippen LogP contribution in [0.15, 0.2) is 41.4 Å². The highest BCUT2D eigenvalue weighted by Gasteiger charge is 2.13. The number of carbonyl (C=O) groups excluding carboxylic acids is 1. The van der Waals surface area contributed by atoms with Gasteiger partial charge in [0.1, 0.15) is 11.5 Å². The Hall–Kier alpha value is -2.62. The molecule has 0 heterocycles. The van der Waals surface area contributed by atoms with Crippen molar-refractivity contribution in [2.75, 3.05) is 6.54 Å². The second kappa shape index (κ2) is 8.47. The number of aromatic hydroxyl groups is 2. The number of hydrogen-bond donors (Lipinski definition) is 2. The van der Waals surface area contributed by atoms with Crippen LogP contribution < -0.4 is 0 Å². The predicted molar refractivity (Wildman–Crippen MR) is 101 cm³/mol. The lowest BCUT2D eigenvalue weighted by molar-refractivity contribution is -0.117. The number of aliphatic imine (C=N–C) groups is 1. The van der Waals surface area contributed by atoms with Crippen molar-refractivity contribution in [3.05, 3.63) is 58.7 Å². The SMILES string of the molecule is CCC(=NCC(=O)CCc1ccc(C)cc1)c1ccc(O)c(C)c1O. The molecule has 132 valence electrons. The number of benzene rings is 2. The molecule has 2 aromatic rings. The van der Waals surface area contributed by atoms with Crippen LogP contribution in [0.5, 0.6) is 11.5 Å². The van der Waals surface area contributed by atoms with Crippen LogP contribution in [0, 0.1) is 13.8 Å². The molecule has 2 rings (SSSR count). The summed E-state index contributed by atoms with van der Waals surface area (Å²) in [7, 11) is 0. The summed E-state index contributed by atoms with van der Waals surface area (Å²) in [5.74, 6) is 0.139. The monoisotopic (exact) mass is 339 g/mol. The summed E-state index contributed by atoms with van der Waals surface area (Å²) in [6, 6.07) is 11.3. The van der Waals surface area contributed by atoms with E-state index in [9.17, 15) is 15.0 Å². The number of ketones is 1. The largest absolute Gasteiger partial charge is 0.508 e. The predicted octanol–water partition coefficient (Wildman–Crippen LogP) is 4.12. The Balaban J connectivity index is 2.01. The molecule has 0 unspecified atom stereocenters. The second-order valence-electron chi connectivity index (χ2n) is 6.25. The third-order valence-corrected chi connectivity index (χ3v) is 4.31. The van der Waals surface area contributed by atoms with Gasteiger partial charge in [-0.1, -0.05) is 36.8 Å². The molecule has 2 aromatic carbocycles. The van der Waals surface area contributed by atoms with Gasteiger partial charge in [0.2, 0.25) is 0 Å². The minimum absolute atomic E-state index is 0.0210. The molecule has 2 N–H and O–H groups in total. The minimum Gasteiger partial charge on any atom is -0.508 e. The summed E-state index contributed by atoms with van der Waals surface area (Å²) < 4.78 is 0. The highest BCUT2D eigenvalue weighted by Crippen LogP contribution is 2.30. The van der Waals surface area contributed by atoms with Crippen molar-refractivity contribution in [1.29, 1.82) is 0 Å². The van der Waals surface area contributed by atoms with E-state index in [2.05, 4.69) is 4.99 Å². The normalized spacial score (nSPS) is 11.6. The van der Waals surface area contributed by atoms with Crippen molar-refractivity contribution in [3.63, 3.8) is 0 Å². The van der Waals surface area contributed by atoms with Gasteiger partial charge in [-0.2, -0.15) is 0 Å². The Morgan fingerprint density at radius 2 is 1.72 bits per heavy atom. The lowest BCUT2D eigenvalue weighted by Gasteiger charge is -2.10. The van der Waals surface area contributed by atoms with Gasteiger partial charge in [0, 0.05) is 23.3 Å². The van der Waals surface area contributed by atoms with E-state index in [-0.39, 0.29) is 23.8 Å². The van der Waals surface area contributed by atoms with Crippen LogP contribution >= 0.6 is 0 Å². The van der Waals surface area contributed by atoms with Gasteiger partial charge in [0.25, 0.3) is 0 Å². The first kappa shape index (κ1) is 18.7. The number of Topliss-reactive ketones (excluding diaryl/α,β-unsaturated/α-hetero) is 1. The van der Waals surface area contributed by atoms with Gasteiger partial charge >= 0.3 is 0 Å².